The number of carbonyl (C=O) groups is 1. The van der Waals surface area contributed by atoms with Gasteiger partial charge in [0.05, 0.1) is 7.11 Å². The first kappa shape index (κ1) is 19.0. The third-order valence-electron chi connectivity index (χ3n) is 4.71. The molecule has 8 heteroatoms. The molecule has 1 saturated heterocycles. The molecule has 144 valence electrons. The maximum Gasteiger partial charge on any atom is 0.318 e. The molecule has 1 N–H and O–H groups in total. The summed E-state index contributed by atoms with van der Waals surface area (Å²) in [7, 11) is 1.53. The number of halogens is 2. The highest BCUT2D eigenvalue weighted by Gasteiger charge is 2.22. The number of amides is 1. The van der Waals surface area contributed by atoms with Gasteiger partial charge in [0.1, 0.15) is 17.5 Å². The first-order chi connectivity index (χ1) is 13.0. The summed E-state index contributed by atoms with van der Waals surface area (Å²) in [5, 5.41) is 2.71. The van der Waals surface area contributed by atoms with E-state index in [0.717, 1.165) is 37.8 Å². The average molecular weight is 376 g/mol. The minimum absolute atomic E-state index is 0.0600. The van der Waals surface area contributed by atoms with Crippen molar-refractivity contribution >= 4 is 11.7 Å². The number of methoxy groups -OCH3 is 1. The molecule has 1 fully saturated rings. The van der Waals surface area contributed by atoms with Crippen LogP contribution in [0.3, 0.4) is 0 Å². The summed E-state index contributed by atoms with van der Waals surface area (Å²) in [5.41, 5.74) is 0.275. The first-order valence-corrected chi connectivity index (χ1v) is 8.87. The van der Waals surface area contributed by atoms with Gasteiger partial charge in [0.2, 0.25) is 5.91 Å². The first-order valence-electron chi connectivity index (χ1n) is 8.87. The molecule has 0 bridgehead atoms. The second-order valence-electron chi connectivity index (χ2n) is 6.55. The van der Waals surface area contributed by atoms with E-state index in [1.165, 1.54) is 19.2 Å². The summed E-state index contributed by atoms with van der Waals surface area (Å²) in [6.07, 6.45) is 3.79. The Balaban J connectivity index is 1.45. The zero-order valence-electron chi connectivity index (χ0n) is 15.1. The predicted molar refractivity (Wildman–Crippen MR) is 96.3 cm³/mol. The number of anilines is 1. The predicted octanol–water partition coefficient (Wildman–Crippen LogP) is 2.69. The molecule has 0 unspecified atom stereocenters. The van der Waals surface area contributed by atoms with Crippen LogP contribution in [0, 0.1) is 17.6 Å². The Bertz CT molecular complexity index is 795. The summed E-state index contributed by atoms with van der Waals surface area (Å²) in [5.74, 6) is -0.319. The number of nitrogens with zero attached hydrogens (tertiary/aromatic N) is 3. The molecule has 27 heavy (non-hydrogen) atoms. The molecule has 0 spiro atoms. The molecule has 1 aliphatic rings. The number of carbonyl (C=O) groups excluding carboxylic acids is 1. The SMILES string of the molecule is COc1nccc(N2CCC(CC(=O)NCc3ccc(F)cc3F)CC2)n1. The normalized spacial score (nSPS) is 14.9. The van der Waals surface area contributed by atoms with Crippen molar-refractivity contribution in [3.63, 3.8) is 0 Å². The summed E-state index contributed by atoms with van der Waals surface area (Å²) >= 11 is 0. The highest BCUT2D eigenvalue weighted by Crippen LogP contribution is 2.24. The maximum absolute atomic E-state index is 13.6. The minimum atomic E-state index is -0.649. The largest absolute Gasteiger partial charge is 0.467 e. The van der Waals surface area contributed by atoms with Crippen molar-refractivity contribution in [2.75, 3.05) is 25.1 Å². The molecule has 2 aromatic rings. The molecular formula is C19H22F2N4O2. The lowest BCUT2D eigenvalue weighted by Gasteiger charge is -2.32. The van der Waals surface area contributed by atoms with E-state index in [1.807, 2.05) is 6.07 Å². The van der Waals surface area contributed by atoms with Gasteiger partial charge in [-0.15, -0.1) is 0 Å². The van der Waals surface area contributed by atoms with E-state index in [0.29, 0.717) is 12.4 Å². The van der Waals surface area contributed by atoms with E-state index in [2.05, 4.69) is 20.2 Å². The van der Waals surface area contributed by atoms with Gasteiger partial charge in [-0.1, -0.05) is 6.07 Å². The van der Waals surface area contributed by atoms with Crippen LogP contribution in [0.4, 0.5) is 14.6 Å². The van der Waals surface area contributed by atoms with Crippen LogP contribution >= 0.6 is 0 Å². The van der Waals surface area contributed by atoms with Crippen LogP contribution in [0.1, 0.15) is 24.8 Å². The van der Waals surface area contributed by atoms with Crippen molar-refractivity contribution in [1.29, 1.82) is 0 Å². The van der Waals surface area contributed by atoms with E-state index in [-0.39, 0.29) is 23.9 Å². The Kier molecular flexibility index (Phi) is 6.16. The Morgan fingerprint density at radius 3 is 2.78 bits per heavy atom. The number of nitrogens with one attached hydrogen (secondary N) is 1. The van der Waals surface area contributed by atoms with Crippen molar-refractivity contribution in [3.05, 3.63) is 47.7 Å². The smallest absolute Gasteiger partial charge is 0.318 e. The summed E-state index contributed by atoms with van der Waals surface area (Å²) in [6.45, 7) is 1.65. The molecule has 0 aliphatic carbocycles. The molecule has 2 heterocycles. The lowest BCUT2D eigenvalue weighted by Crippen LogP contribution is -2.36. The molecular weight excluding hydrogens is 354 g/mol. The molecule has 1 aromatic carbocycles. The van der Waals surface area contributed by atoms with Crippen molar-refractivity contribution in [2.24, 2.45) is 5.92 Å². The lowest BCUT2D eigenvalue weighted by molar-refractivity contribution is -0.122. The fraction of sp³-hybridized carbons (Fsp3) is 0.421. The second-order valence-corrected chi connectivity index (χ2v) is 6.55. The van der Waals surface area contributed by atoms with Crippen LogP contribution in [0.15, 0.2) is 30.5 Å². The van der Waals surface area contributed by atoms with Crippen LogP contribution in [0.2, 0.25) is 0 Å². The fourth-order valence-electron chi connectivity index (χ4n) is 3.17. The Labute approximate surface area is 156 Å². The second kappa shape index (κ2) is 8.75. The van der Waals surface area contributed by atoms with Gasteiger partial charge in [-0.25, -0.2) is 13.8 Å². The summed E-state index contributed by atoms with van der Waals surface area (Å²) in [4.78, 5) is 22.6. The quantitative estimate of drug-likeness (QED) is 0.840. The van der Waals surface area contributed by atoms with E-state index in [9.17, 15) is 13.6 Å². The Hall–Kier alpha value is -2.77. The molecule has 0 saturated carbocycles. The van der Waals surface area contributed by atoms with E-state index in [1.54, 1.807) is 6.20 Å². The van der Waals surface area contributed by atoms with Gasteiger partial charge in [-0.2, -0.15) is 4.98 Å². The standard InChI is InChI=1S/C19H22F2N4O2/c1-27-19-22-7-4-17(24-19)25-8-5-13(6-9-25)10-18(26)23-12-14-2-3-15(20)11-16(14)21/h2-4,7,11,13H,5-6,8-10,12H2,1H3,(H,23,26). The van der Waals surface area contributed by atoms with Crippen molar-refractivity contribution in [2.45, 2.75) is 25.8 Å². The fourth-order valence-corrected chi connectivity index (χ4v) is 3.17. The number of rotatable bonds is 6. The lowest BCUT2D eigenvalue weighted by atomic mass is 9.93. The van der Waals surface area contributed by atoms with E-state index >= 15 is 0 Å². The van der Waals surface area contributed by atoms with Crippen LogP contribution in [-0.4, -0.2) is 36.1 Å². The number of hydrogen-bond donors (Lipinski definition) is 1. The van der Waals surface area contributed by atoms with Gasteiger partial charge >= 0.3 is 6.01 Å². The van der Waals surface area contributed by atoms with Crippen molar-refractivity contribution in [1.82, 2.24) is 15.3 Å². The summed E-state index contributed by atoms with van der Waals surface area (Å²) < 4.78 is 31.6. The van der Waals surface area contributed by atoms with Gasteiger partial charge < -0.3 is 15.0 Å². The third kappa shape index (κ3) is 5.12. The number of hydrogen-bond acceptors (Lipinski definition) is 5. The molecule has 0 radical (unpaired) electrons. The molecule has 1 aliphatic heterocycles. The topological polar surface area (TPSA) is 67.3 Å². The molecule has 1 amide bonds. The van der Waals surface area contributed by atoms with Crippen LogP contribution in [-0.2, 0) is 11.3 Å². The number of benzene rings is 1. The average Bonchev–Trinajstić information content (AvgIpc) is 2.68. The minimum Gasteiger partial charge on any atom is -0.467 e. The number of aromatic nitrogens is 2. The van der Waals surface area contributed by atoms with E-state index in [4.69, 9.17) is 4.74 Å². The van der Waals surface area contributed by atoms with Gasteiger partial charge in [0.15, 0.2) is 0 Å². The number of ether oxygens (including phenoxy) is 1. The zero-order valence-corrected chi connectivity index (χ0v) is 15.1. The zero-order chi connectivity index (χ0) is 19.2. The Morgan fingerprint density at radius 2 is 2.07 bits per heavy atom. The van der Waals surface area contributed by atoms with Crippen LogP contribution in [0.25, 0.3) is 0 Å². The third-order valence-corrected chi connectivity index (χ3v) is 4.71. The maximum atomic E-state index is 13.6. The van der Waals surface area contributed by atoms with Crippen molar-refractivity contribution < 1.29 is 18.3 Å². The molecule has 1 aromatic heterocycles. The van der Waals surface area contributed by atoms with Gasteiger partial charge in [0, 0.05) is 43.9 Å². The van der Waals surface area contributed by atoms with Crippen LogP contribution in [0.5, 0.6) is 6.01 Å². The molecule has 3 rings (SSSR count). The van der Waals surface area contributed by atoms with E-state index < -0.39 is 11.6 Å². The highest BCUT2D eigenvalue weighted by molar-refractivity contribution is 5.76. The Morgan fingerprint density at radius 1 is 1.30 bits per heavy atom. The van der Waals surface area contributed by atoms with Gasteiger partial charge in [-0.05, 0) is 30.9 Å². The molecule has 0 atom stereocenters. The van der Waals surface area contributed by atoms with Gasteiger partial charge in [-0.3, -0.25) is 4.79 Å². The van der Waals surface area contributed by atoms with Crippen molar-refractivity contribution in [3.8, 4) is 6.01 Å². The highest BCUT2D eigenvalue weighted by atomic mass is 19.1. The molecule has 6 nitrogen and oxygen atoms in total. The number of piperidine rings is 1. The van der Waals surface area contributed by atoms with Gasteiger partial charge in [0.25, 0.3) is 0 Å². The monoisotopic (exact) mass is 376 g/mol. The van der Waals surface area contributed by atoms with Crippen LogP contribution < -0.4 is 15.0 Å². The summed E-state index contributed by atoms with van der Waals surface area (Å²) in [6, 6.07) is 5.52.